The molecule has 1 heterocycles. The predicted molar refractivity (Wildman–Crippen MR) is 127 cm³/mol. The average Bonchev–Trinajstić information content (AvgIpc) is 3.22. The molecule has 0 spiro atoms. The third-order valence-corrected chi connectivity index (χ3v) is 4.34. The number of aromatic nitrogens is 1. The number of guanidine groups is 1. The van der Waals surface area contributed by atoms with E-state index in [2.05, 4.69) is 20.6 Å². The Morgan fingerprint density at radius 2 is 2.00 bits per heavy atom. The maximum atomic E-state index is 14.0. The normalized spacial score (nSPS) is 12.1. The first-order valence-electron chi connectivity index (χ1n) is 9.48. The summed E-state index contributed by atoms with van der Waals surface area (Å²) in [6.07, 6.45) is 1.61. The van der Waals surface area contributed by atoms with Crippen LogP contribution < -0.4 is 15.4 Å². The van der Waals surface area contributed by atoms with E-state index >= 15 is 0 Å². The van der Waals surface area contributed by atoms with E-state index < -0.39 is 5.82 Å². The summed E-state index contributed by atoms with van der Waals surface area (Å²) in [5.74, 6) is 1.01. The fraction of sp³-hybridized carbons (Fsp3) is 0.273. The van der Waals surface area contributed by atoms with Gasteiger partial charge in [-0.05, 0) is 43.7 Å². The minimum Gasteiger partial charge on any atom is -0.494 e. The summed E-state index contributed by atoms with van der Waals surface area (Å²) >= 11 is 0. The van der Waals surface area contributed by atoms with Gasteiger partial charge in [-0.25, -0.2) is 14.4 Å². The summed E-state index contributed by atoms with van der Waals surface area (Å²) in [5, 5.41) is 6.47. The molecule has 0 bridgehead atoms. The topological polar surface area (TPSA) is 71.7 Å². The molecule has 0 radical (unpaired) electrons. The van der Waals surface area contributed by atoms with Crippen molar-refractivity contribution in [2.75, 3.05) is 13.7 Å². The Labute approximate surface area is 193 Å². The van der Waals surface area contributed by atoms with E-state index in [1.807, 2.05) is 50.2 Å². The van der Waals surface area contributed by atoms with E-state index in [1.165, 1.54) is 13.2 Å². The van der Waals surface area contributed by atoms with E-state index in [0.29, 0.717) is 24.9 Å². The highest BCUT2D eigenvalue weighted by atomic mass is 127. The number of halogens is 2. The van der Waals surface area contributed by atoms with Crippen molar-refractivity contribution in [2.45, 2.75) is 26.4 Å². The van der Waals surface area contributed by atoms with Gasteiger partial charge in [-0.1, -0.05) is 24.3 Å². The Bertz CT molecular complexity index is 963. The molecule has 6 nitrogen and oxygen atoms in total. The lowest BCUT2D eigenvalue weighted by atomic mass is 10.1. The predicted octanol–water partition coefficient (Wildman–Crippen LogP) is 4.92. The molecule has 0 saturated heterocycles. The fourth-order valence-corrected chi connectivity index (χ4v) is 2.81. The first-order valence-corrected chi connectivity index (χ1v) is 9.48. The number of hydrogen-bond donors (Lipinski definition) is 2. The number of nitrogens with zero attached hydrogens (tertiary/aromatic N) is 2. The molecule has 0 fully saturated rings. The maximum Gasteiger partial charge on any atom is 0.226 e. The Kier molecular flexibility index (Phi) is 9.10. The van der Waals surface area contributed by atoms with Crippen LogP contribution in [0.15, 0.2) is 64.2 Å². The molecule has 2 N–H and O–H groups in total. The van der Waals surface area contributed by atoms with Gasteiger partial charge in [0.25, 0.3) is 0 Å². The van der Waals surface area contributed by atoms with Gasteiger partial charge in [0, 0.05) is 12.1 Å². The zero-order valence-electron chi connectivity index (χ0n) is 17.2. The second kappa shape index (κ2) is 11.5. The summed E-state index contributed by atoms with van der Waals surface area (Å²) < 4.78 is 24.5. The van der Waals surface area contributed by atoms with Crippen LogP contribution in [0.4, 0.5) is 4.39 Å². The van der Waals surface area contributed by atoms with Crippen molar-refractivity contribution in [3.8, 4) is 17.2 Å². The van der Waals surface area contributed by atoms with Crippen LogP contribution in [-0.2, 0) is 6.54 Å². The van der Waals surface area contributed by atoms with Crippen LogP contribution in [0, 0.1) is 5.82 Å². The molecule has 0 saturated carbocycles. The molecule has 0 aliphatic heterocycles. The minimum atomic E-state index is -0.392. The van der Waals surface area contributed by atoms with Gasteiger partial charge in [0.15, 0.2) is 17.5 Å². The smallest absolute Gasteiger partial charge is 0.226 e. The van der Waals surface area contributed by atoms with Crippen LogP contribution in [-0.4, -0.2) is 24.6 Å². The molecule has 0 aliphatic carbocycles. The van der Waals surface area contributed by atoms with Crippen LogP contribution in [0.3, 0.4) is 0 Å². The van der Waals surface area contributed by atoms with Crippen molar-refractivity contribution >= 4 is 29.9 Å². The van der Waals surface area contributed by atoms with Crippen molar-refractivity contribution in [1.82, 2.24) is 15.6 Å². The molecule has 1 unspecified atom stereocenters. The SMILES string of the molecule is CCNC(=NCc1coc(-c2ccccc2)n1)NC(C)c1ccc(OC)c(F)c1.I. The van der Waals surface area contributed by atoms with Crippen molar-refractivity contribution in [3.05, 3.63) is 71.9 Å². The van der Waals surface area contributed by atoms with Gasteiger partial charge in [-0.15, -0.1) is 24.0 Å². The maximum absolute atomic E-state index is 14.0. The number of nitrogens with one attached hydrogen (secondary N) is 2. The van der Waals surface area contributed by atoms with Gasteiger partial charge in [-0.3, -0.25) is 0 Å². The summed E-state index contributed by atoms with van der Waals surface area (Å²) in [6, 6.07) is 14.5. The Balaban J connectivity index is 0.00000320. The summed E-state index contributed by atoms with van der Waals surface area (Å²) in [7, 11) is 1.45. The first-order chi connectivity index (χ1) is 14.1. The van der Waals surface area contributed by atoms with Gasteiger partial charge >= 0.3 is 0 Å². The van der Waals surface area contributed by atoms with Crippen LogP contribution in [0.1, 0.15) is 31.1 Å². The van der Waals surface area contributed by atoms with Crippen LogP contribution in [0.5, 0.6) is 5.75 Å². The second-order valence-corrected chi connectivity index (χ2v) is 6.47. The molecule has 8 heteroatoms. The van der Waals surface area contributed by atoms with Crippen molar-refractivity contribution in [3.63, 3.8) is 0 Å². The van der Waals surface area contributed by atoms with Crippen molar-refractivity contribution in [1.29, 1.82) is 0 Å². The number of hydrogen-bond acceptors (Lipinski definition) is 4. The number of rotatable bonds is 7. The molecule has 0 aliphatic rings. The molecule has 30 heavy (non-hydrogen) atoms. The van der Waals surface area contributed by atoms with E-state index in [0.717, 1.165) is 16.8 Å². The lowest BCUT2D eigenvalue weighted by Gasteiger charge is -2.18. The highest BCUT2D eigenvalue weighted by molar-refractivity contribution is 14.0. The quantitative estimate of drug-likeness (QED) is 0.261. The molecule has 1 atom stereocenters. The fourth-order valence-electron chi connectivity index (χ4n) is 2.81. The molecular weight excluding hydrogens is 498 g/mol. The van der Waals surface area contributed by atoms with Gasteiger partial charge < -0.3 is 19.8 Å². The Morgan fingerprint density at radius 3 is 2.67 bits per heavy atom. The van der Waals surface area contributed by atoms with Crippen molar-refractivity contribution in [2.24, 2.45) is 4.99 Å². The Hall–Kier alpha value is -2.62. The standard InChI is InChI=1S/C22H25FN4O2.HI/c1-4-24-22(26-15(2)17-10-11-20(28-3)19(23)12-17)25-13-18-14-29-21(27-18)16-8-6-5-7-9-16;/h5-12,14-15H,4,13H2,1-3H3,(H2,24,25,26);1H. The highest BCUT2D eigenvalue weighted by Gasteiger charge is 2.12. The largest absolute Gasteiger partial charge is 0.494 e. The molecule has 3 aromatic rings. The number of oxazole rings is 1. The first kappa shape index (κ1) is 23.7. The molecule has 1 aromatic heterocycles. The third-order valence-electron chi connectivity index (χ3n) is 4.34. The third kappa shape index (κ3) is 6.19. The lowest BCUT2D eigenvalue weighted by Crippen LogP contribution is -2.38. The number of aliphatic imine (C=N–C) groups is 1. The number of benzene rings is 2. The number of ether oxygens (including phenoxy) is 1. The van der Waals surface area contributed by atoms with E-state index in [-0.39, 0.29) is 35.8 Å². The van der Waals surface area contributed by atoms with E-state index in [4.69, 9.17) is 9.15 Å². The molecule has 2 aromatic carbocycles. The van der Waals surface area contributed by atoms with Crippen LogP contribution >= 0.6 is 24.0 Å². The molecule has 160 valence electrons. The van der Waals surface area contributed by atoms with E-state index in [9.17, 15) is 4.39 Å². The molecule has 3 rings (SSSR count). The van der Waals surface area contributed by atoms with Crippen molar-refractivity contribution < 1.29 is 13.5 Å². The Morgan fingerprint density at radius 1 is 1.23 bits per heavy atom. The monoisotopic (exact) mass is 524 g/mol. The van der Waals surface area contributed by atoms with Crippen LogP contribution in [0.2, 0.25) is 0 Å². The zero-order chi connectivity index (χ0) is 20.6. The lowest BCUT2D eigenvalue weighted by molar-refractivity contribution is 0.386. The zero-order valence-corrected chi connectivity index (χ0v) is 19.5. The van der Waals surface area contributed by atoms with E-state index in [1.54, 1.807) is 12.3 Å². The van der Waals surface area contributed by atoms with Gasteiger partial charge in [0.1, 0.15) is 12.0 Å². The number of methoxy groups -OCH3 is 1. The van der Waals surface area contributed by atoms with Gasteiger partial charge in [-0.2, -0.15) is 0 Å². The summed E-state index contributed by atoms with van der Waals surface area (Å²) in [5.41, 5.74) is 2.44. The second-order valence-electron chi connectivity index (χ2n) is 6.47. The molecule has 0 amide bonds. The summed E-state index contributed by atoms with van der Waals surface area (Å²) in [4.78, 5) is 9.05. The average molecular weight is 524 g/mol. The highest BCUT2D eigenvalue weighted by Crippen LogP contribution is 2.22. The summed E-state index contributed by atoms with van der Waals surface area (Å²) in [6.45, 7) is 4.98. The van der Waals surface area contributed by atoms with Crippen LogP contribution in [0.25, 0.3) is 11.5 Å². The van der Waals surface area contributed by atoms with Gasteiger partial charge in [0.2, 0.25) is 5.89 Å². The molecular formula is C22H26FIN4O2. The minimum absolute atomic E-state index is 0. The van der Waals surface area contributed by atoms with Gasteiger partial charge in [0.05, 0.1) is 19.7 Å².